The zero-order valence-electron chi connectivity index (χ0n) is 12.1. The number of aromatic nitrogens is 1. The number of amides is 1. The average molecular weight is 384 g/mol. The van der Waals surface area contributed by atoms with E-state index in [0.717, 1.165) is 0 Å². The van der Waals surface area contributed by atoms with Gasteiger partial charge >= 0.3 is 5.76 Å². The van der Waals surface area contributed by atoms with Crippen molar-refractivity contribution in [3.05, 3.63) is 49.9 Å². The van der Waals surface area contributed by atoms with Gasteiger partial charge in [0.2, 0.25) is 5.91 Å². The van der Waals surface area contributed by atoms with E-state index in [1.165, 1.54) is 22.8 Å². The van der Waals surface area contributed by atoms with Crippen LogP contribution in [-0.2, 0) is 11.3 Å². The van der Waals surface area contributed by atoms with Crippen molar-refractivity contribution < 1.29 is 14.1 Å². The molecular weight excluding hydrogens is 370 g/mol. The molecule has 9 heteroatoms. The minimum Gasteiger partial charge on any atom is -0.407 e. The lowest BCUT2D eigenvalue weighted by atomic mass is 10.2. The first-order valence-corrected chi connectivity index (χ1v) is 7.55. The lowest BCUT2D eigenvalue weighted by Gasteiger charge is -2.04. The molecule has 0 saturated heterocycles. The topological polar surface area (TPSA) is 107 Å². The molecule has 0 aliphatic heterocycles. The summed E-state index contributed by atoms with van der Waals surface area (Å²) in [6, 6.07) is 3.98. The highest BCUT2D eigenvalue weighted by Crippen LogP contribution is 2.20. The summed E-state index contributed by atoms with van der Waals surface area (Å²) in [6.07, 6.45) is 0.679. The molecule has 8 nitrogen and oxygen atoms in total. The smallest absolute Gasteiger partial charge is 0.407 e. The molecule has 1 aromatic carbocycles. The molecule has 0 atom stereocenters. The van der Waals surface area contributed by atoms with Gasteiger partial charge in [-0.25, -0.2) is 4.79 Å². The van der Waals surface area contributed by atoms with Crippen LogP contribution in [0, 0.1) is 10.1 Å². The van der Waals surface area contributed by atoms with Crippen LogP contribution in [0.15, 0.2) is 38.5 Å². The van der Waals surface area contributed by atoms with Crippen LogP contribution < -0.4 is 11.1 Å². The van der Waals surface area contributed by atoms with Gasteiger partial charge in [-0.15, -0.1) is 0 Å². The normalized spacial score (nSPS) is 10.7. The van der Waals surface area contributed by atoms with E-state index in [1.807, 2.05) is 0 Å². The molecule has 1 N–H and O–H groups in total. The van der Waals surface area contributed by atoms with Gasteiger partial charge in [0.25, 0.3) is 5.69 Å². The van der Waals surface area contributed by atoms with E-state index < -0.39 is 10.7 Å². The van der Waals surface area contributed by atoms with Crippen molar-refractivity contribution in [1.82, 2.24) is 9.88 Å². The maximum absolute atomic E-state index is 11.8. The number of hydrogen-bond acceptors (Lipinski definition) is 5. The number of non-ortho nitro benzene ring substituents is 1. The number of nitrogens with one attached hydrogen (secondary N) is 1. The van der Waals surface area contributed by atoms with E-state index in [0.29, 0.717) is 23.0 Å². The maximum atomic E-state index is 11.8. The van der Waals surface area contributed by atoms with Gasteiger partial charge in [-0.1, -0.05) is 22.5 Å². The van der Waals surface area contributed by atoms with Crippen molar-refractivity contribution >= 4 is 38.6 Å². The largest absolute Gasteiger partial charge is 0.419 e. The van der Waals surface area contributed by atoms with Gasteiger partial charge in [0.1, 0.15) is 0 Å². The van der Waals surface area contributed by atoms with E-state index in [1.54, 1.807) is 0 Å². The van der Waals surface area contributed by atoms with Gasteiger partial charge in [-0.3, -0.25) is 19.5 Å². The number of fused-ring (bicyclic) bond motifs is 1. The summed E-state index contributed by atoms with van der Waals surface area (Å²) >= 11 is 3.14. The van der Waals surface area contributed by atoms with Gasteiger partial charge in [0, 0.05) is 30.1 Å². The van der Waals surface area contributed by atoms with Crippen molar-refractivity contribution in [2.24, 2.45) is 0 Å². The van der Waals surface area contributed by atoms with E-state index >= 15 is 0 Å². The molecule has 0 radical (unpaired) electrons. The summed E-state index contributed by atoms with van der Waals surface area (Å²) in [5.41, 5.74) is 0.479. The zero-order chi connectivity index (χ0) is 17.0. The van der Waals surface area contributed by atoms with Gasteiger partial charge in [0.15, 0.2) is 5.58 Å². The van der Waals surface area contributed by atoms with Crippen molar-refractivity contribution in [2.45, 2.75) is 19.4 Å². The van der Waals surface area contributed by atoms with Crippen LogP contribution in [0.3, 0.4) is 0 Å². The van der Waals surface area contributed by atoms with Crippen LogP contribution >= 0.6 is 15.9 Å². The van der Waals surface area contributed by atoms with Crippen molar-refractivity contribution in [3.8, 4) is 0 Å². The number of halogens is 1. The molecule has 1 heterocycles. The summed E-state index contributed by atoms with van der Waals surface area (Å²) in [5.74, 6) is -0.753. The predicted octanol–water partition coefficient (Wildman–Crippen LogP) is 2.31. The molecule has 23 heavy (non-hydrogen) atoms. The number of benzene rings is 1. The maximum Gasteiger partial charge on any atom is 0.419 e. The van der Waals surface area contributed by atoms with Gasteiger partial charge in [0.05, 0.1) is 16.5 Å². The molecule has 0 saturated carbocycles. The van der Waals surface area contributed by atoms with E-state index in [-0.39, 0.29) is 30.1 Å². The fourth-order valence-electron chi connectivity index (χ4n) is 2.06. The number of nitro groups is 1. The molecule has 122 valence electrons. The number of hydrogen-bond donors (Lipinski definition) is 1. The minimum absolute atomic E-state index is 0.146. The first kappa shape index (κ1) is 16.9. The summed E-state index contributed by atoms with van der Waals surface area (Å²) < 4.78 is 7.04. The Labute approximate surface area is 139 Å². The van der Waals surface area contributed by atoms with Crippen LogP contribution in [0.4, 0.5) is 5.69 Å². The molecule has 1 aromatic heterocycles. The third-order valence-electron chi connectivity index (χ3n) is 3.13. The molecule has 0 aliphatic rings. The number of aryl methyl sites for hydroxylation is 1. The summed E-state index contributed by atoms with van der Waals surface area (Å²) in [4.78, 5) is 33.6. The summed E-state index contributed by atoms with van der Waals surface area (Å²) in [7, 11) is 0. The third kappa shape index (κ3) is 4.28. The zero-order valence-corrected chi connectivity index (χ0v) is 13.7. The lowest BCUT2D eigenvalue weighted by molar-refractivity contribution is -0.384. The Hall–Kier alpha value is -2.42. The van der Waals surface area contributed by atoms with Crippen molar-refractivity contribution in [2.75, 3.05) is 6.54 Å². The van der Waals surface area contributed by atoms with Crippen LogP contribution in [0.2, 0.25) is 0 Å². The summed E-state index contributed by atoms with van der Waals surface area (Å²) in [6.45, 7) is 4.24. The Morgan fingerprint density at radius 1 is 1.48 bits per heavy atom. The Morgan fingerprint density at radius 3 is 2.87 bits per heavy atom. The minimum atomic E-state index is -0.602. The lowest BCUT2D eigenvalue weighted by Crippen LogP contribution is -2.24. The van der Waals surface area contributed by atoms with E-state index in [9.17, 15) is 19.7 Å². The second-order valence-corrected chi connectivity index (χ2v) is 5.95. The Balaban J connectivity index is 2.04. The monoisotopic (exact) mass is 383 g/mol. The molecule has 2 rings (SSSR count). The standard InChI is InChI=1S/C14H14BrN3O5/c1-9(15)8-16-13(19)3-2-6-17-11-5-4-10(18(21)22)7-12(11)23-14(17)20/h4-5,7H,1-3,6,8H2,(H,16,19). The Kier molecular flexibility index (Phi) is 5.32. The van der Waals surface area contributed by atoms with Crippen LogP contribution in [0.25, 0.3) is 11.1 Å². The number of carbonyl (C=O) groups excluding carboxylic acids is 1. The Morgan fingerprint density at radius 2 is 2.22 bits per heavy atom. The van der Waals surface area contributed by atoms with E-state index in [2.05, 4.69) is 27.8 Å². The molecular formula is C14H14BrN3O5. The van der Waals surface area contributed by atoms with Gasteiger partial charge < -0.3 is 9.73 Å². The van der Waals surface area contributed by atoms with Crippen molar-refractivity contribution in [1.29, 1.82) is 0 Å². The SMILES string of the molecule is C=C(Br)CNC(=O)CCCn1c(=O)oc2cc([N+](=O)[O-])ccc21. The number of oxazole rings is 1. The van der Waals surface area contributed by atoms with Crippen LogP contribution in [0.1, 0.15) is 12.8 Å². The Bertz CT molecular complexity index is 823. The molecule has 0 spiro atoms. The highest BCUT2D eigenvalue weighted by Gasteiger charge is 2.14. The van der Waals surface area contributed by atoms with E-state index in [4.69, 9.17) is 4.42 Å². The van der Waals surface area contributed by atoms with Gasteiger partial charge in [-0.2, -0.15) is 0 Å². The quantitative estimate of drug-likeness (QED) is 0.582. The number of rotatable bonds is 7. The molecule has 0 bridgehead atoms. The number of carbonyl (C=O) groups is 1. The molecule has 0 unspecified atom stereocenters. The fraction of sp³-hybridized carbons (Fsp3) is 0.286. The molecule has 2 aromatic rings. The predicted molar refractivity (Wildman–Crippen MR) is 87.4 cm³/mol. The summed E-state index contributed by atoms with van der Waals surface area (Å²) in [5, 5.41) is 13.4. The second-order valence-electron chi connectivity index (χ2n) is 4.83. The first-order chi connectivity index (χ1) is 10.9. The number of nitro benzene ring substituents is 1. The molecule has 0 aliphatic carbocycles. The fourth-order valence-corrected chi connectivity index (χ4v) is 2.20. The van der Waals surface area contributed by atoms with Gasteiger partial charge in [-0.05, 0) is 12.5 Å². The van der Waals surface area contributed by atoms with Crippen molar-refractivity contribution in [3.63, 3.8) is 0 Å². The number of nitrogens with zero attached hydrogens (tertiary/aromatic N) is 2. The first-order valence-electron chi connectivity index (χ1n) is 6.76. The second kappa shape index (κ2) is 7.23. The third-order valence-corrected chi connectivity index (χ3v) is 3.41. The van der Waals surface area contributed by atoms with Crippen LogP contribution in [-0.4, -0.2) is 21.9 Å². The highest BCUT2D eigenvalue weighted by atomic mass is 79.9. The average Bonchev–Trinajstić information content (AvgIpc) is 2.80. The van der Waals surface area contributed by atoms with Crippen LogP contribution in [0.5, 0.6) is 0 Å². The molecule has 1 amide bonds. The highest BCUT2D eigenvalue weighted by molar-refractivity contribution is 9.11. The molecule has 0 fully saturated rings.